The molecule has 4 rings (SSSR count). The van der Waals surface area contributed by atoms with Crippen LogP contribution in [0.3, 0.4) is 0 Å². The van der Waals surface area contributed by atoms with Crippen molar-refractivity contribution < 1.29 is 4.79 Å². The molecule has 1 amide bonds. The standard InChI is InChI=1S/C19H21N5O/c25-19(17-12-16(23-24-17)13-6-2-1-3-7-13)20-11-10-18-21-14-8-4-5-9-15(14)22-18/h1-9,16-17,23-24H,10-12H2,(H,20,25)(H,21,22). The number of H-pyrrole nitrogens is 1. The van der Waals surface area contributed by atoms with Crippen LogP contribution < -0.4 is 16.2 Å². The molecule has 6 heteroatoms. The molecule has 6 nitrogen and oxygen atoms in total. The number of nitrogens with zero attached hydrogens (tertiary/aromatic N) is 1. The number of aromatic nitrogens is 2. The molecule has 0 spiro atoms. The maximum Gasteiger partial charge on any atom is 0.238 e. The van der Waals surface area contributed by atoms with E-state index in [0.717, 1.165) is 23.3 Å². The van der Waals surface area contributed by atoms with Gasteiger partial charge in [-0.05, 0) is 24.1 Å². The lowest BCUT2D eigenvalue weighted by atomic mass is 10.0. The number of benzene rings is 2. The predicted molar refractivity (Wildman–Crippen MR) is 96.7 cm³/mol. The van der Waals surface area contributed by atoms with E-state index in [1.165, 1.54) is 5.56 Å². The first kappa shape index (κ1) is 15.8. The fourth-order valence-electron chi connectivity index (χ4n) is 3.18. The van der Waals surface area contributed by atoms with E-state index in [2.05, 4.69) is 38.3 Å². The largest absolute Gasteiger partial charge is 0.354 e. The van der Waals surface area contributed by atoms with Crippen molar-refractivity contribution in [1.29, 1.82) is 0 Å². The van der Waals surface area contributed by atoms with E-state index in [4.69, 9.17) is 0 Å². The zero-order valence-electron chi connectivity index (χ0n) is 13.8. The number of carbonyl (C=O) groups is 1. The smallest absolute Gasteiger partial charge is 0.238 e. The third-order valence-electron chi connectivity index (χ3n) is 4.52. The molecule has 2 atom stereocenters. The van der Waals surface area contributed by atoms with Crippen LogP contribution in [-0.2, 0) is 11.2 Å². The number of para-hydroxylation sites is 2. The van der Waals surface area contributed by atoms with Crippen LogP contribution in [-0.4, -0.2) is 28.5 Å². The Morgan fingerprint density at radius 3 is 2.72 bits per heavy atom. The minimum absolute atomic E-state index is 0.0158. The van der Waals surface area contributed by atoms with Crippen LogP contribution in [0.1, 0.15) is 23.9 Å². The van der Waals surface area contributed by atoms with Gasteiger partial charge in [0.1, 0.15) is 11.9 Å². The van der Waals surface area contributed by atoms with Crippen molar-refractivity contribution in [2.24, 2.45) is 0 Å². The fourth-order valence-corrected chi connectivity index (χ4v) is 3.18. The highest BCUT2D eigenvalue weighted by Crippen LogP contribution is 2.21. The molecular weight excluding hydrogens is 314 g/mol. The molecule has 3 aromatic rings. The Balaban J connectivity index is 1.28. The summed E-state index contributed by atoms with van der Waals surface area (Å²) in [6.07, 6.45) is 1.42. The first-order chi connectivity index (χ1) is 12.3. The van der Waals surface area contributed by atoms with Gasteiger partial charge in [0.05, 0.1) is 11.0 Å². The van der Waals surface area contributed by atoms with Gasteiger partial charge in [-0.3, -0.25) is 4.79 Å². The van der Waals surface area contributed by atoms with Gasteiger partial charge >= 0.3 is 0 Å². The van der Waals surface area contributed by atoms with Crippen LogP contribution in [0.2, 0.25) is 0 Å². The van der Waals surface area contributed by atoms with Gasteiger partial charge in [0.15, 0.2) is 0 Å². The minimum Gasteiger partial charge on any atom is -0.354 e. The van der Waals surface area contributed by atoms with Crippen molar-refractivity contribution in [2.75, 3.05) is 6.54 Å². The van der Waals surface area contributed by atoms with Crippen molar-refractivity contribution in [1.82, 2.24) is 26.1 Å². The number of aromatic amines is 1. The predicted octanol–water partition coefficient (Wildman–Crippen LogP) is 1.83. The van der Waals surface area contributed by atoms with Crippen LogP contribution in [0.5, 0.6) is 0 Å². The SMILES string of the molecule is O=C(NCCc1nc2ccccc2[nH]1)C1CC(c2ccccc2)NN1. The average Bonchev–Trinajstić information content (AvgIpc) is 3.29. The zero-order chi connectivity index (χ0) is 17.1. The van der Waals surface area contributed by atoms with E-state index >= 15 is 0 Å². The summed E-state index contributed by atoms with van der Waals surface area (Å²) in [6.45, 7) is 0.562. The summed E-state index contributed by atoms with van der Waals surface area (Å²) in [6, 6.07) is 18.0. The molecule has 2 heterocycles. The van der Waals surface area contributed by atoms with Crippen LogP contribution >= 0.6 is 0 Å². The van der Waals surface area contributed by atoms with Gasteiger partial charge in [0.2, 0.25) is 5.91 Å². The van der Waals surface area contributed by atoms with E-state index in [-0.39, 0.29) is 18.0 Å². The highest BCUT2D eigenvalue weighted by atomic mass is 16.2. The van der Waals surface area contributed by atoms with Crippen LogP contribution in [0.25, 0.3) is 11.0 Å². The molecule has 0 radical (unpaired) electrons. The summed E-state index contributed by atoms with van der Waals surface area (Å²) >= 11 is 0. The molecule has 1 saturated heterocycles. The summed E-state index contributed by atoms with van der Waals surface area (Å²) in [5.41, 5.74) is 9.46. The van der Waals surface area contributed by atoms with Crippen LogP contribution in [0.4, 0.5) is 0 Å². The Hall–Kier alpha value is -2.70. The highest BCUT2D eigenvalue weighted by molar-refractivity contribution is 5.82. The molecule has 25 heavy (non-hydrogen) atoms. The summed E-state index contributed by atoms with van der Waals surface area (Å²) in [7, 11) is 0. The van der Waals surface area contributed by atoms with E-state index in [9.17, 15) is 4.79 Å². The van der Waals surface area contributed by atoms with Gasteiger partial charge in [0, 0.05) is 19.0 Å². The van der Waals surface area contributed by atoms with Crippen molar-refractivity contribution in [3.05, 3.63) is 66.0 Å². The summed E-state index contributed by atoms with van der Waals surface area (Å²) in [5.74, 6) is 0.906. The van der Waals surface area contributed by atoms with E-state index < -0.39 is 0 Å². The van der Waals surface area contributed by atoms with E-state index in [0.29, 0.717) is 13.0 Å². The topological polar surface area (TPSA) is 81.8 Å². The van der Waals surface area contributed by atoms with E-state index in [1.54, 1.807) is 0 Å². The average molecular weight is 335 g/mol. The Bertz CT molecular complexity index is 827. The molecule has 2 unspecified atom stereocenters. The van der Waals surface area contributed by atoms with Crippen molar-refractivity contribution in [2.45, 2.75) is 24.9 Å². The van der Waals surface area contributed by atoms with Crippen molar-refractivity contribution in [3.63, 3.8) is 0 Å². The first-order valence-corrected chi connectivity index (χ1v) is 8.57. The molecule has 1 fully saturated rings. The van der Waals surface area contributed by atoms with E-state index in [1.807, 2.05) is 42.5 Å². The molecule has 0 bridgehead atoms. The summed E-state index contributed by atoms with van der Waals surface area (Å²) in [4.78, 5) is 20.1. The Morgan fingerprint density at radius 1 is 1.08 bits per heavy atom. The Labute approximate surface area is 146 Å². The summed E-state index contributed by atoms with van der Waals surface area (Å²) < 4.78 is 0. The number of hydrogen-bond donors (Lipinski definition) is 4. The number of amides is 1. The molecule has 0 saturated carbocycles. The quantitative estimate of drug-likeness (QED) is 0.573. The first-order valence-electron chi connectivity index (χ1n) is 8.57. The molecule has 128 valence electrons. The monoisotopic (exact) mass is 335 g/mol. The van der Waals surface area contributed by atoms with Crippen molar-refractivity contribution >= 4 is 16.9 Å². The normalized spacial score (nSPS) is 20.0. The number of fused-ring (bicyclic) bond motifs is 1. The Kier molecular flexibility index (Phi) is 4.45. The Morgan fingerprint density at radius 2 is 1.88 bits per heavy atom. The number of hydrogen-bond acceptors (Lipinski definition) is 4. The minimum atomic E-state index is -0.221. The maximum atomic E-state index is 12.3. The lowest BCUT2D eigenvalue weighted by Gasteiger charge is -2.10. The third-order valence-corrected chi connectivity index (χ3v) is 4.52. The molecule has 1 aliphatic rings. The number of hydrazine groups is 1. The maximum absolute atomic E-state index is 12.3. The summed E-state index contributed by atoms with van der Waals surface area (Å²) in [5, 5.41) is 2.99. The number of carbonyl (C=O) groups excluding carboxylic acids is 1. The highest BCUT2D eigenvalue weighted by Gasteiger charge is 2.29. The van der Waals surface area contributed by atoms with Gasteiger partial charge in [0.25, 0.3) is 0 Å². The van der Waals surface area contributed by atoms with Crippen LogP contribution in [0.15, 0.2) is 54.6 Å². The molecule has 1 aromatic heterocycles. The fraction of sp³-hybridized carbons (Fsp3) is 0.263. The number of rotatable bonds is 5. The van der Waals surface area contributed by atoms with Gasteiger partial charge in [-0.25, -0.2) is 15.8 Å². The molecule has 0 aliphatic carbocycles. The second-order valence-electron chi connectivity index (χ2n) is 6.28. The van der Waals surface area contributed by atoms with Gasteiger partial charge in [-0.2, -0.15) is 0 Å². The second kappa shape index (κ2) is 7.04. The molecule has 4 N–H and O–H groups in total. The van der Waals surface area contributed by atoms with Gasteiger partial charge in [-0.15, -0.1) is 0 Å². The number of imidazole rings is 1. The zero-order valence-corrected chi connectivity index (χ0v) is 13.8. The molecule has 2 aromatic carbocycles. The third kappa shape index (κ3) is 3.55. The van der Waals surface area contributed by atoms with Gasteiger partial charge in [-0.1, -0.05) is 42.5 Å². The van der Waals surface area contributed by atoms with Crippen molar-refractivity contribution in [3.8, 4) is 0 Å². The number of nitrogens with one attached hydrogen (secondary N) is 4. The van der Waals surface area contributed by atoms with Crippen LogP contribution in [0, 0.1) is 0 Å². The van der Waals surface area contributed by atoms with Gasteiger partial charge < -0.3 is 10.3 Å². The second-order valence-corrected chi connectivity index (χ2v) is 6.28. The lowest BCUT2D eigenvalue weighted by molar-refractivity contribution is -0.122. The molecular formula is C19H21N5O. The molecule has 1 aliphatic heterocycles. The lowest BCUT2D eigenvalue weighted by Crippen LogP contribution is -2.43.